The molecule has 2 heteroatoms. The summed E-state index contributed by atoms with van der Waals surface area (Å²) in [6, 6.07) is 63.8. The number of nitrogens with zero attached hydrogens (tertiary/aromatic N) is 2. The van der Waals surface area contributed by atoms with Gasteiger partial charge in [0.1, 0.15) is 0 Å². The predicted molar refractivity (Wildman–Crippen MR) is 249 cm³/mol. The molecule has 0 saturated carbocycles. The van der Waals surface area contributed by atoms with Gasteiger partial charge in [0.2, 0.25) is 0 Å². The lowest BCUT2D eigenvalue weighted by molar-refractivity contribution is 0.631. The number of fused-ring (bicyclic) bond motifs is 7. The van der Waals surface area contributed by atoms with Crippen molar-refractivity contribution in [2.45, 2.75) is 38.5 Å². The van der Waals surface area contributed by atoms with Gasteiger partial charge in [-0.25, -0.2) is 0 Å². The van der Waals surface area contributed by atoms with Crippen LogP contribution in [0.25, 0.3) is 65.7 Å². The monoisotopic (exact) mass is 746 g/mol. The average molecular weight is 747 g/mol. The van der Waals surface area contributed by atoms with Crippen LogP contribution < -0.4 is 9.80 Å². The molecular weight excluding hydrogens is 701 g/mol. The zero-order valence-corrected chi connectivity index (χ0v) is 34.1. The largest absolute Gasteiger partial charge is 0.344 e. The maximum absolute atomic E-state index is 2.51. The molecular formula is C56H46N2. The molecule has 280 valence electrons. The molecule has 2 nitrogen and oxygen atoms in total. The highest BCUT2D eigenvalue weighted by Gasteiger charge is 2.39. The number of anilines is 4. The quantitative estimate of drug-likeness (QED) is 0.166. The van der Waals surface area contributed by atoms with Crippen molar-refractivity contribution in [2.24, 2.45) is 0 Å². The van der Waals surface area contributed by atoms with Gasteiger partial charge in [0.15, 0.2) is 0 Å². The van der Waals surface area contributed by atoms with Gasteiger partial charge in [-0.1, -0.05) is 161 Å². The molecule has 0 aromatic heterocycles. The van der Waals surface area contributed by atoms with E-state index in [-0.39, 0.29) is 10.8 Å². The zero-order chi connectivity index (χ0) is 39.5. The smallest absolute Gasteiger partial charge is 0.0455 e. The number of hydrogen-bond donors (Lipinski definition) is 0. The van der Waals surface area contributed by atoms with Crippen LogP contribution >= 0.6 is 0 Å². The first-order valence-electron chi connectivity index (χ1n) is 20.6. The third kappa shape index (κ3) is 4.78. The number of para-hydroxylation sites is 2. The minimum atomic E-state index is -0.211. The summed E-state index contributed by atoms with van der Waals surface area (Å²) in [5.74, 6) is 0. The van der Waals surface area contributed by atoms with Crippen LogP contribution in [-0.4, -0.2) is 14.1 Å². The van der Waals surface area contributed by atoms with Gasteiger partial charge in [-0.15, -0.1) is 0 Å². The van der Waals surface area contributed by atoms with Crippen LogP contribution in [0.5, 0.6) is 0 Å². The third-order valence-corrected chi connectivity index (χ3v) is 13.6. The van der Waals surface area contributed by atoms with E-state index in [0.29, 0.717) is 0 Å². The number of hydrogen-bond acceptors (Lipinski definition) is 2. The van der Waals surface area contributed by atoms with Crippen molar-refractivity contribution in [1.82, 2.24) is 0 Å². The Bertz CT molecular complexity index is 2990. The van der Waals surface area contributed by atoms with E-state index in [0.717, 1.165) is 0 Å². The fraction of sp³-hybridized carbons (Fsp3) is 0.143. The molecule has 2 aliphatic rings. The first-order valence-corrected chi connectivity index (χ1v) is 20.6. The van der Waals surface area contributed by atoms with Crippen LogP contribution in [0.4, 0.5) is 22.7 Å². The van der Waals surface area contributed by atoms with Crippen LogP contribution in [0.15, 0.2) is 170 Å². The summed E-state index contributed by atoms with van der Waals surface area (Å²) in [6.07, 6.45) is 0. The lowest BCUT2D eigenvalue weighted by Gasteiger charge is -2.42. The molecule has 9 aromatic rings. The summed E-state index contributed by atoms with van der Waals surface area (Å²) in [5, 5.41) is 7.56. The minimum Gasteiger partial charge on any atom is -0.344 e. The Balaban J connectivity index is 1.25. The van der Waals surface area contributed by atoms with Crippen molar-refractivity contribution in [1.29, 1.82) is 0 Å². The second kappa shape index (κ2) is 12.4. The van der Waals surface area contributed by atoms with Gasteiger partial charge >= 0.3 is 0 Å². The van der Waals surface area contributed by atoms with Crippen molar-refractivity contribution < 1.29 is 0 Å². The highest BCUT2D eigenvalue weighted by atomic mass is 15.1. The van der Waals surface area contributed by atoms with Crippen molar-refractivity contribution in [2.75, 3.05) is 23.9 Å². The zero-order valence-electron chi connectivity index (χ0n) is 34.1. The van der Waals surface area contributed by atoms with E-state index < -0.39 is 0 Å². The van der Waals surface area contributed by atoms with Gasteiger partial charge in [0, 0.05) is 47.7 Å². The van der Waals surface area contributed by atoms with Crippen LogP contribution in [0.1, 0.15) is 49.9 Å². The Hall–Kier alpha value is -6.64. The Morgan fingerprint density at radius 1 is 0.345 bits per heavy atom. The van der Waals surface area contributed by atoms with E-state index in [1.54, 1.807) is 0 Å². The summed E-state index contributed by atoms with van der Waals surface area (Å²) in [4.78, 5) is 4.77. The molecule has 0 fully saturated rings. The van der Waals surface area contributed by atoms with Gasteiger partial charge in [0.25, 0.3) is 0 Å². The average Bonchev–Trinajstić information content (AvgIpc) is 3.26. The molecule has 11 rings (SSSR count). The molecule has 2 heterocycles. The topological polar surface area (TPSA) is 6.48 Å². The molecule has 0 amide bonds. The van der Waals surface area contributed by atoms with Gasteiger partial charge < -0.3 is 9.80 Å². The lowest BCUT2D eigenvalue weighted by atomic mass is 9.70. The van der Waals surface area contributed by atoms with E-state index >= 15 is 0 Å². The van der Waals surface area contributed by atoms with Crippen LogP contribution in [0.3, 0.4) is 0 Å². The Morgan fingerprint density at radius 2 is 0.776 bits per heavy atom. The second-order valence-electron chi connectivity index (χ2n) is 17.4. The van der Waals surface area contributed by atoms with Gasteiger partial charge in [-0.3, -0.25) is 0 Å². The molecule has 0 bridgehead atoms. The van der Waals surface area contributed by atoms with Crippen LogP contribution in [0, 0.1) is 0 Å². The van der Waals surface area contributed by atoms with Crippen molar-refractivity contribution in [3.05, 3.63) is 192 Å². The molecule has 0 N–H and O–H groups in total. The maximum atomic E-state index is 2.51. The third-order valence-electron chi connectivity index (χ3n) is 13.6. The van der Waals surface area contributed by atoms with Crippen molar-refractivity contribution in [3.8, 4) is 33.4 Å². The Labute approximate surface area is 341 Å². The standard InChI is InChI=1S/C56H46N2/c1-55(2)46-25-9-11-27-48(46)57(5)50-29-15-23-42(53(50)55)38-19-13-21-40-44(38)34-45-39(20-14-22-41(45)52(40)37-32-31-35-17-7-8-18-36(35)33-37)43-24-16-30-51-54(43)56(3,4)47-26-10-12-28-49(47)58(51)6/h7-34H,1-6H3. The van der Waals surface area contributed by atoms with E-state index in [1.165, 1.54) is 111 Å². The predicted octanol–water partition coefficient (Wildman–Crippen LogP) is 15.0. The first kappa shape index (κ1) is 34.6. The molecule has 9 aromatic carbocycles. The van der Waals surface area contributed by atoms with E-state index in [1.807, 2.05) is 0 Å². The van der Waals surface area contributed by atoms with Crippen molar-refractivity contribution >= 4 is 55.1 Å². The molecule has 58 heavy (non-hydrogen) atoms. The minimum absolute atomic E-state index is 0.211. The van der Waals surface area contributed by atoms with Gasteiger partial charge in [-0.05, 0) is 124 Å². The van der Waals surface area contributed by atoms with Gasteiger partial charge in [0.05, 0.1) is 0 Å². The SMILES string of the molecule is CN1c2ccccc2C(C)(C)c2c(-c3cccc4c(-c5ccc6ccccc6c5)c5cccc(-c6cccc7c6C(C)(C)c6ccccc6N7C)c5cc34)cccc21. The Kier molecular flexibility index (Phi) is 7.41. The highest BCUT2D eigenvalue weighted by molar-refractivity contribution is 6.20. The van der Waals surface area contributed by atoms with E-state index in [2.05, 4.69) is 221 Å². The molecule has 0 atom stereocenters. The highest BCUT2D eigenvalue weighted by Crippen LogP contribution is 2.55. The molecule has 0 unspecified atom stereocenters. The van der Waals surface area contributed by atoms with Crippen LogP contribution in [-0.2, 0) is 10.8 Å². The summed E-state index contributed by atoms with van der Waals surface area (Å²) in [6.45, 7) is 9.59. The molecule has 2 aliphatic heterocycles. The fourth-order valence-electron chi connectivity index (χ4n) is 10.8. The first-order chi connectivity index (χ1) is 28.1. The fourth-order valence-corrected chi connectivity index (χ4v) is 10.8. The molecule has 0 saturated heterocycles. The maximum Gasteiger partial charge on any atom is 0.0455 e. The normalized spacial score (nSPS) is 14.9. The summed E-state index contributed by atoms with van der Waals surface area (Å²) >= 11 is 0. The second-order valence-corrected chi connectivity index (χ2v) is 17.4. The summed E-state index contributed by atoms with van der Waals surface area (Å²) in [7, 11) is 4.44. The molecule has 0 radical (unpaired) electrons. The number of benzene rings is 9. The van der Waals surface area contributed by atoms with E-state index in [9.17, 15) is 0 Å². The number of rotatable bonds is 3. The van der Waals surface area contributed by atoms with Crippen LogP contribution in [0.2, 0.25) is 0 Å². The van der Waals surface area contributed by atoms with Crippen molar-refractivity contribution in [3.63, 3.8) is 0 Å². The molecule has 0 aliphatic carbocycles. The lowest BCUT2D eigenvalue weighted by Crippen LogP contribution is -2.31. The molecule has 0 spiro atoms. The van der Waals surface area contributed by atoms with Gasteiger partial charge in [-0.2, -0.15) is 0 Å². The summed E-state index contributed by atoms with van der Waals surface area (Å²) < 4.78 is 0. The summed E-state index contributed by atoms with van der Waals surface area (Å²) in [5.41, 5.74) is 17.7. The van der Waals surface area contributed by atoms with E-state index in [4.69, 9.17) is 0 Å². The Morgan fingerprint density at radius 3 is 1.31 bits per heavy atom.